The molecule has 52 heavy (non-hydrogen) atoms. The second-order valence-electron chi connectivity index (χ2n) is 14.4. The molecular formula is C50H32N2. The number of rotatable bonds is 3. The molecule has 0 saturated carbocycles. The molecule has 0 unspecified atom stereocenters. The van der Waals surface area contributed by atoms with Gasteiger partial charge in [-0.3, -0.25) is 0 Å². The van der Waals surface area contributed by atoms with Crippen LogP contribution in [0.3, 0.4) is 0 Å². The van der Waals surface area contributed by atoms with E-state index in [1.807, 2.05) is 0 Å². The van der Waals surface area contributed by atoms with Crippen LogP contribution in [0.1, 0.15) is 34.1 Å². The minimum absolute atomic E-state index is 0.189. The van der Waals surface area contributed by atoms with Gasteiger partial charge in [0.05, 0.1) is 22.1 Å². The van der Waals surface area contributed by atoms with Crippen LogP contribution in [-0.2, 0) is 0 Å². The van der Waals surface area contributed by atoms with Crippen molar-refractivity contribution in [2.75, 3.05) is 0 Å². The van der Waals surface area contributed by atoms with E-state index in [1.165, 1.54) is 99.5 Å². The van der Waals surface area contributed by atoms with Crippen LogP contribution in [0, 0.1) is 0 Å². The third-order valence-electron chi connectivity index (χ3n) is 11.9. The van der Waals surface area contributed by atoms with Crippen molar-refractivity contribution in [3.63, 3.8) is 0 Å². The van der Waals surface area contributed by atoms with Gasteiger partial charge in [0.2, 0.25) is 0 Å². The lowest BCUT2D eigenvalue weighted by Crippen LogP contribution is -2.10. The molecule has 2 heteroatoms. The first-order valence-corrected chi connectivity index (χ1v) is 18.3. The fraction of sp³-hybridized carbons (Fsp3) is 0.0400. The lowest BCUT2D eigenvalue weighted by molar-refractivity contribution is 0.723. The smallest absolute Gasteiger partial charge is 0.0541 e. The molecule has 0 bridgehead atoms. The van der Waals surface area contributed by atoms with E-state index in [0.717, 1.165) is 0 Å². The van der Waals surface area contributed by atoms with E-state index in [-0.39, 0.29) is 11.8 Å². The van der Waals surface area contributed by atoms with Gasteiger partial charge in [0.25, 0.3) is 0 Å². The van der Waals surface area contributed by atoms with Crippen LogP contribution in [0.2, 0.25) is 0 Å². The minimum Gasteiger partial charge on any atom is -0.309 e. The predicted octanol–water partition coefficient (Wildman–Crippen LogP) is 12.8. The van der Waals surface area contributed by atoms with Crippen molar-refractivity contribution >= 4 is 43.6 Å². The molecule has 242 valence electrons. The highest BCUT2D eigenvalue weighted by Gasteiger charge is 2.41. The molecule has 0 N–H and O–H groups in total. The lowest BCUT2D eigenvalue weighted by Gasteiger charge is -2.24. The van der Waals surface area contributed by atoms with Crippen molar-refractivity contribution in [2.45, 2.75) is 11.8 Å². The molecule has 0 fully saturated rings. The van der Waals surface area contributed by atoms with Crippen molar-refractivity contribution in [3.05, 3.63) is 204 Å². The van der Waals surface area contributed by atoms with Crippen LogP contribution in [0.25, 0.3) is 77.2 Å². The summed E-state index contributed by atoms with van der Waals surface area (Å²) in [5, 5.41) is 5.13. The van der Waals surface area contributed by atoms with Gasteiger partial charge in [-0.2, -0.15) is 0 Å². The average Bonchev–Trinajstić information content (AvgIpc) is 3.92. The number of hydrogen-bond acceptors (Lipinski definition) is 0. The van der Waals surface area contributed by atoms with E-state index >= 15 is 0 Å². The number of hydrogen-bond donors (Lipinski definition) is 0. The lowest BCUT2D eigenvalue weighted by atomic mass is 9.78. The van der Waals surface area contributed by atoms with Gasteiger partial charge in [-0.15, -0.1) is 0 Å². The van der Waals surface area contributed by atoms with Crippen LogP contribution in [0.5, 0.6) is 0 Å². The number of nitrogens with zero attached hydrogens (tertiary/aromatic N) is 2. The molecule has 0 aliphatic heterocycles. The first-order chi connectivity index (χ1) is 25.8. The Morgan fingerprint density at radius 2 is 0.577 bits per heavy atom. The van der Waals surface area contributed by atoms with Gasteiger partial charge in [0, 0.05) is 44.8 Å². The molecule has 2 aliphatic rings. The molecule has 0 spiro atoms. The molecular weight excluding hydrogens is 629 g/mol. The molecule has 2 nitrogen and oxygen atoms in total. The molecule has 0 atom stereocenters. The third-order valence-corrected chi connectivity index (χ3v) is 11.9. The minimum atomic E-state index is 0.189. The Labute approximate surface area is 301 Å². The summed E-state index contributed by atoms with van der Waals surface area (Å²) >= 11 is 0. The highest BCUT2D eigenvalue weighted by Crippen LogP contribution is 2.59. The van der Waals surface area contributed by atoms with Crippen LogP contribution < -0.4 is 0 Å². The van der Waals surface area contributed by atoms with Crippen LogP contribution in [-0.4, -0.2) is 9.13 Å². The average molecular weight is 661 g/mol. The van der Waals surface area contributed by atoms with Crippen LogP contribution in [0.4, 0.5) is 0 Å². The summed E-state index contributed by atoms with van der Waals surface area (Å²) in [6.45, 7) is 0. The molecule has 0 amide bonds. The summed E-state index contributed by atoms with van der Waals surface area (Å²) in [5.41, 5.74) is 18.3. The number of para-hydroxylation sites is 4. The highest BCUT2D eigenvalue weighted by molar-refractivity contribution is 6.10. The zero-order chi connectivity index (χ0) is 33.9. The summed E-state index contributed by atoms with van der Waals surface area (Å²) in [7, 11) is 0. The highest BCUT2D eigenvalue weighted by atomic mass is 15.0. The Morgan fingerprint density at radius 1 is 0.269 bits per heavy atom. The van der Waals surface area contributed by atoms with Crippen molar-refractivity contribution in [3.8, 4) is 33.6 Å². The molecule has 2 aliphatic carbocycles. The molecule has 2 heterocycles. The molecule has 0 saturated heterocycles. The zero-order valence-electron chi connectivity index (χ0n) is 28.4. The molecule has 8 aromatic carbocycles. The molecule has 2 aromatic heterocycles. The summed E-state index contributed by atoms with van der Waals surface area (Å²) in [5.74, 6) is 0.416. The van der Waals surface area contributed by atoms with E-state index in [4.69, 9.17) is 0 Å². The Bertz CT molecular complexity index is 2780. The Balaban J connectivity index is 1.14. The largest absolute Gasteiger partial charge is 0.309 e. The first kappa shape index (κ1) is 28.1. The van der Waals surface area contributed by atoms with E-state index < -0.39 is 0 Å². The zero-order valence-corrected chi connectivity index (χ0v) is 28.4. The van der Waals surface area contributed by atoms with Crippen molar-refractivity contribution in [2.24, 2.45) is 0 Å². The normalized spacial score (nSPS) is 13.6. The molecule has 0 radical (unpaired) electrons. The number of benzene rings is 8. The maximum Gasteiger partial charge on any atom is 0.0541 e. The SMILES string of the molecule is c1ccc2c(c1)-c1ccccc1C2C1c2ccc(-n3c4ccccc4c4ccccc43)cc2-c2cc(-n3c4ccccc4c4ccccc43)ccc21. The second-order valence-corrected chi connectivity index (χ2v) is 14.4. The molecule has 10 aromatic rings. The Kier molecular flexibility index (Phi) is 5.64. The molecule has 12 rings (SSSR count). The summed E-state index contributed by atoms with van der Waals surface area (Å²) in [4.78, 5) is 0. The van der Waals surface area contributed by atoms with Gasteiger partial charge in [-0.25, -0.2) is 0 Å². The van der Waals surface area contributed by atoms with Gasteiger partial charge in [-0.1, -0.05) is 133 Å². The van der Waals surface area contributed by atoms with Crippen LogP contribution >= 0.6 is 0 Å². The van der Waals surface area contributed by atoms with Gasteiger partial charge < -0.3 is 9.13 Å². The quantitative estimate of drug-likeness (QED) is 0.178. The Morgan fingerprint density at radius 3 is 0.962 bits per heavy atom. The van der Waals surface area contributed by atoms with Gasteiger partial charge in [0.1, 0.15) is 0 Å². The fourth-order valence-electron chi connectivity index (χ4n) is 9.86. The van der Waals surface area contributed by atoms with Gasteiger partial charge in [-0.05, 0) is 93.0 Å². The van der Waals surface area contributed by atoms with E-state index in [1.54, 1.807) is 0 Å². The van der Waals surface area contributed by atoms with Gasteiger partial charge in [0.15, 0.2) is 0 Å². The summed E-state index contributed by atoms with van der Waals surface area (Å²) < 4.78 is 4.91. The van der Waals surface area contributed by atoms with E-state index in [9.17, 15) is 0 Å². The first-order valence-electron chi connectivity index (χ1n) is 18.3. The van der Waals surface area contributed by atoms with Crippen LogP contribution in [0.15, 0.2) is 182 Å². The van der Waals surface area contributed by atoms with Crippen molar-refractivity contribution < 1.29 is 0 Å². The summed E-state index contributed by atoms with van der Waals surface area (Å²) in [6.07, 6.45) is 0. The van der Waals surface area contributed by atoms with Crippen molar-refractivity contribution in [1.29, 1.82) is 0 Å². The number of fused-ring (bicyclic) bond motifs is 12. The maximum atomic E-state index is 2.47. The standard InChI is InChI=1S/C50H32N2/c1-3-19-39-33(13-1)34-14-2-4-20-40(34)49(39)50-41-27-25-31(51-45-21-9-5-15-35(45)36-16-6-10-22-46(36)51)29-43(41)44-30-32(26-28-42(44)50)52-47-23-11-7-17-37(47)38-18-8-12-24-48(38)52/h1-30,49-50H. The number of aromatic nitrogens is 2. The fourth-order valence-corrected chi connectivity index (χ4v) is 9.86. The Hall–Kier alpha value is -6.64. The van der Waals surface area contributed by atoms with E-state index in [0.29, 0.717) is 0 Å². The predicted molar refractivity (Wildman–Crippen MR) is 216 cm³/mol. The maximum absolute atomic E-state index is 2.47. The van der Waals surface area contributed by atoms with Crippen molar-refractivity contribution in [1.82, 2.24) is 9.13 Å². The third kappa shape index (κ3) is 3.68. The van der Waals surface area contributed by atoms with E-state index in [2.05, 4.69) is 191 Å². The second kappa shape index (κ2) is 10.4. The van der Waals surface area contributed by atoms with Gasteiger partial charge >= 0.3 is 0 Å². The summed E-state index contributed by atoms with van der Waals surface area (Å²) in [6, 6.07) is 67.9. The monoisotopic (exact) mass is 660 g/mol. The topological polar surface area (TPSA) is 9.86 Å².